The van der Waals surface area contributed by atoms with Gasteiger partial charge in [0.1, 0.15) is 0 Å². The molecular weight excluding hydrogens is 239 g/mol. The number of rotatable bonds is 0. The number of fused-ring (bicyclic) bond motifs is 1. The highest BCUT2D eigenvalue weighted by atomic mass is 127. The smallest absolute Gasteiger partial charge is 0.156 e. The fraction of sp³-hybridized carbons (Fsp3) is 0.143. The SMILES string of the molecule is I[C@H]1C=CN=C2N=CC=C21. The highest BCUT2D eigenvalue weighted by Gasteiger charge is 2.17. The summed E-state index contributed by atoms with van der Waals surface area (Å²) in [7, 11) is 0. The Labute approximate surface area is 72.6 Å². The van der Waals surface area contributed by atoms with Crippen LogP contribution in [0.2, 0.25) is 0 Å². The molecule has 0 aliphatic carbocycles. The molecule has 2 rings (SSSR count). The molecule has 0 fully saturated rings. The molecule has 0 spiro atoms. The third kappa shape index (κ3) is 0.847. The minimum Gasteiger partial charge on any atom is -0.237 e. The molecular formula is C7H5IN2. The van der Waals surface area contributed by atoms with E-state index in [0.29, 0.717) is 3.92 Å². The van der Waals surface area contributed by atoms with Crippen LogP contribution in [0, 0.1) is 0 Å². The summed E-state index contributed by atoms with van der Waals surface area (Å²) in [5, 5.41) is 0. The first-order chi connectivity index (χ1) is 4.88. The van der Waals surface area contributed by atoms with Crippen LogP contribution in [-0.4, -0.2) is 16.0 Å². The summed E-state index contributed by atoms with van der Waals surface area (Å²) in [5.74, 6) is 0.877. The zero-order chi connectivity index (χ0) is 6.97. The lowest BCUT2D eigenvalue weighted by Gasteiger charge is -2.08. The number of amidine groups is 1. The molecule has 2 aliphatic rings. The largest absolute Gasteiger partial charge is 0.237 e. The Hall–Kier alpha value is -0.450. The lowest BCUT2D eigenvalue weighted by Crippen LogP contribution is -2.08. The van der Waals surface area contributed by atoms with Gasteiger partial charge in [-0.25, -0.2) is 9.98 Å². The first-order valence-corrected chi connectivity index (χ1v) is 4.25. The number of halogens is 1. The van der Waals surface area contributed by atoms with Gasteiger partial charge in [-0.05, 0) is 12.2 Å². The first-order valence-electron chi connectivity index (χ1n) is 3.01. The standard InChI is InChI=1S/C7H5IN2/c8-6-2-4-10-7-5(6)1-3-9-7/h1-4,6H/t6-/m0/s1. The van der Waals surface area contributed by atoms with Crippen molar-refractivity contribution in [3.63, 3.8) is 0 Å². The molecule has 2 heterocycles. The molecule has 0 bridgehead atoms. The summed E-state index contributed by atoms with van der Waals surface area (Å²) in [6, 6.07) is 0. The molecule has 0 aromatic carbocycles. The summed E-state index contributed by atoms with van der Waals surface area (Å²) in [4.78, 5) is 8.19. The third-order valence-electron chi connectivity index (χ3n) is 1.46. The van der Waals surface area contributed by atoms with Crippen molar-refractivity contribution in [2.75, 3.05) is 0 Å². The summed E-state index contributed by atoms with van der Waals surface area (Å²) >= 11 is 2.36. The number of hydrogen-bond acceptors (Lipinski definition) is 2. The molecule has 2 nitrogen and oxygen atoms in total. The van der Waals surface area contributed by atoms with Gasteiger partial charge in [-0.3, -0.25) is 0 Å². The monoisotopic (exact) mass is 244 g/mol. The molecule has 0 N–H and O–H groups in total. The Morgan fingerprint density at radius 3 is 3.20 bits per heavy atom. The predicted molar refractivity (Wildman–Crippen MR) is 51.0 cm³/mol. The van der Waals surface area contributed by atoms with Crippen molar-refractivity contribution >= 4 is 34.6 Å². The van der Waals surface area contributed by atoms with Gasteiger partial charge in [0.05, 0.1) is 3.92 Å². The maximum Gasteiger partial charge on any atom is 0.156 e. The molecule has 0 unspecified atom stereocenters. The van der Waals surface area contributed by atoms with Gasteiger partial charge in [-0.1, -0.05) is 22.6 Å². The van der Waals surface area contributed by atoms with Gasteiger partial charge < -0.3 is 0 Å². The van der Waals surface area contributed by atoms with Crippen molar-refractivity contribution in [3.05, 3.63) is 23.9 Å². The maximum atomic E-state index is 4.11. The van der Waals surface area contributed by atoms with Crippen LogP contribution >= 0.6 is 22.6 Å². The minimum absolute atomic E-state index is 0.451. The molecule has 2 aliphatic heterocycles. The minimum atomic E-state index is 0.451. The van der Waals surface area contributed by atoms with E-state index in [1.165, 1.54) is 5.57 Å². The predicted octanol–water partition coefficient (Wildman–Crippen LogP) is 1.73. The summed E-state index contributed by atoms with van der Waals surface area (Å²) < 4.78 is 0.451. The van der Waals surface area contributed by atoms with Gasteiger partial charge in [0, 0.05) is 18.0 Å². The van der Waals surface area contributed by atoms with Crippen molar-refractivity contribution in [2.24, 2.45) is 9.98 Å². The van der Waals surface area contributed by atoms with E-state index in [-0.39, 0.29) is 0 Å². The number of allylic oxidation sites excluding steroid dienone is 2. The number of aliphatic imine (C=N–C) groups is 2. The molecule has 10 heavy (non-hydrogen) atoms. The van der Waals surface area contributed by atoms with Crippen LogP contribution in [-0.2, 0) is 0 Å². The van der Waals surface area contributed by atoms with Crippen molar-refractivity contribution < 1.29 is 0 Å². The first kappa shape index (κ1) is 6.27. The van der Waals surface area contributed by atoms with E-state index in [1.54, 1.807) is 6.21 Å². The highest BCUT2D eigenvalue weighted by Crippen LogP contribution is 2.22. The van der Waals surface area contributed by atoms with Crippen molar-refractivity contribution in [1.29, 1.82) is 0 Å². The van der Waals surface area contributed by atoms with Crippen LogP contribution in [0.5, 0.6) is 0 Å². The molecule has 0 saturated carbocycles. The Morgan fingerprint density at radius 1 is 1.50 bits per heavy atom. The normalized spacial score (nSPS) is 27.9. The average molecular weight is 244 g/mol. The molecule has 3 heteroatoms. The number of alkyl halides is 1. The fourth-order valence-corrected chi connectivity index (χ4v) is 1.63. The van der Waals surface area contributed by atoms with Crippen LogP contribution in [0.25, 0.3) is 0 Å². The second-order valence-electron chi connectivity index (χ2n) is 2.10. The van der Waals surface area contributed by atoms with E-state index in [1.807, 2.05) is 12.3 Å². The Bertz CT molecular complexity index is 273. The van der Waals surface area contributed by atoms with Crippen LogP contribution in [0.4, 0.5) is 0 Å². The van der Waals surface area contributed by atoms with Gasteiger partial charge in [-0.15, -0.1) is 0 Å². The van der Waals surface area contributed by atoms with Crippen molar-refractivity contribution in [3.8, 4) is 0 Å². The summed E-state index contributed by atoms with van der Waals surface area (Å²) in [6.45, 7) is 0. The zero-order valence-corrected chi connectivity index (χ0v) is 7.32. The molecule has 0 aromatic heterocycles. The Kier molecular flexibility index (Phi) is 1.44. The maximum absolute atomic E-state index is 4.11. The zero-order valence-electron chi connectivity index (χ0n) is 5.16. The lowest BCUT2D eigenvalue weighted by atomic mass is 10.1. The van der Waals surface area contributed by atoms with Gasteiger partial charge in [0.25, 0.3) is 0 Å². The van der Waals surface area contributed by atoms with E-state index >= 15 is 0 Å². The summed E-state index contributed by atoms with van der Waals surface area (Å²) in [6.07, 6.45) is 7.68. The van der Waals surface area contributed by atoms with Crippen molar-refractivity contribution in [2.45, 2.75) is 3.92 Å². The third-order valence-corrected chi connectivity index (χ3v) is 2.54. The Morgan fingerprint density at radius 2 is 2.40 bits per heavy atom. The van der Waals surface area contributed by atoms with Crippen molar-refractivity contribution in [1.82, 2.24) is 0 Å². The van der Waals surface area contributed by atoms with E-state index in [9.17, 15) is 0 Å². The van der Waals surface area contributed by atoms with Crippen LogP contribution in [0.3, 0.4) is 0 Å². The van der Waals surface area contributed by atoms with Gasteiger partial charge in [0.2, 0.25) is 0 Å². The van der Waals surface area contributed by atoms with Crippen LogP contribution < -0.4 is 0 Å². The van der Waals surface area contributed by atoms with E-state index in [2.05, 4.69) is 38.7 Å². The Balaban J connectivity index is 2.45. The van der Waals surface area contributed by atoms with Gasteiger partial charge in [-0.2, -0.15) is 0 Å². The molecule has 50 valence electrons. The van der Waals surface area contributed by atoms with Gasteiger partial charge in [0.15, 0.2) is 5.84 Å². The second-order valence-corrected chi connectivity index (χ2v) is 3.44. The number of hydrogen-bond donors (Lipinski definition) is 0. The quantitative estimate of drug-likeness (QED) is 0.458. The van der Waals surface area contributed by atoms with E-state index in [4.69, 9.17) is 0 Å². The van der Waals surface area contributed by atoms with Gasteiger partial charge >= 0.3 is 0 Å². The molecule has 0 aromatic rings. The molecule has 0 amide bonds. The fourth-order valence-electron chi connectivity index (χ4n) is 0.953. The average Bonchev–Trinajstić information content (AvgIpc) is 2.36. The molecule has 0 radical (unpaired) electrons. The molecule has 0 saturated heterocycles. The number of nitrogens with zero attached hydrogens (tertiary/aromatic N) is 2. The summed E-state index contributed by atoms with van der Waals surface area (Å²) in [5.41, 5.74) is 1.23. The highest BCUT2D eigenvalue weighted by molar-refractivity contribution is 14.1. The second kappa shape index (κ2) is 2.30. The van der Waals surface area contributed by atoms with E-state index in [0.717, 1.165) is 5.84 Å². The van der Waals surface area contributed by atoms with Crippen LogP contribution in [0.1, 0.15) is 0 Å². The lowest BCUT2D eigenvalue weighted by molar-refractivity contribution is 1.30. The molecule has 1 atom stereocenters. The van der Waals surface area contributed by atoms with Crippen LogP contribution in [0.15, 0.2) is 33.9 Å². The van der Waals surface area contributed by atoms with E-state index < -0.39 is 0 Å². The topological polar surface area (TPSA) is 24.7 Å².